The van der Waals surface area contributed by atoms with Gasteiger partial charge in [-0.1, -0.05) is 11.6 Å². The van der Waals surface area contributed by atoms with Gasteiger partial charge in [-0.3, -0.25) is 0 Å². The Balaban J connectivity index is 2.00. The molecule has 1 aromatic heterocycles. The molecular weight excluding hydrogens is 312 g/mol. The van der Waals surface area contributed by atoms with Gasteiger partial charge in [0.15, 0.2) is 0 Å². The van der Waals surface area contributed by atoms with Gasteiger partial charge in [0.1, 0.15) is 5.15 Å². The highest BCUT2D eigenvalue weighted by molar-refractivity contribution is 7.89. The number of sulfonamides is 1. The van der Waals surface area contributed by atoms with E-state index in [-0.39, 0.29) is 10.9 Å². The third-order valence-corrected chi connectivity index (χ3v) is 5.84. The van der Waals surface area contributed by atoms with Gasteiger partial charge in [0.25, 0.3) is 0 Å². The van der Waals surface area contributed by atoms with E-state index in [4.69, 9.17) is 16.3 Å². The van der Waals surface area contributed by atoms with Gasteiger partial charge in [-0.25, -0.2) is 13.4 Å². The van der Waals surface area contributed by atoms with Crippen LogP contribution in [0.25, 0.3) is 10.9 Å². The average molecular weight is 327 g/mol. The number of halogens is 1. The molecule has 0 bridgehead atoms. The standard InChI is InChI=1S/C14H15ClN2O3S/c1-17(11-6-7-20-9-11)21(18,19)12-3-4-13-10(8-12)2-5-14(15)16-13/h2-5,8,11H,6-7,9H2,1H3. The molecule has 0 aliphatic carbocycles. The highest BCUT2D eigenvalue weighted by Gasteiger charge is 2.30. The monoisotopic (exact) mass is 326 g/mol. The molecule has 0 saturated carbocycles. The van der Waals surface area contributed by atoms with E-state index in [0.717, 1.165) is 11.8 Å². The van der Waals surface area contributed by atoms with E-state index in [1.807, 2.05) is 0 Å². The Labute approximate surface area is 128 Å². The minimum Gasteiger partial charge on any atom is -0.380 e. The molecule has 2 aromatic rings. The second kappa shape index (κ2) is 5.53. The number of rotatable bonds is 3. The molecule has 1 unspecified atom stereocenters. The van der Waals surface area contributed by atoms with Gasteiger partial charge in [0.05, 0.1) is 23.1 Å². The first-order chi connectivity index (χ1) is 9.98. The van der Waals surface area contributed by atoms with Crippen molar-refractivity contribution >= 4 is 32.5 Å². The number of likely N-dealkylation sites (N-methyl/N-ethyl adjacent to an activating group) is 1. The Morgan fingerprint density at radius 2 is 2.14 bits per heavy atom. The van der Waals surface area contributed by atoms with Crippen LogP contribution in [0.5, 0.6) is 0 Å². The quantitative estimate of drug-likeness (QED) is 0.812. The number of pyridine rings is 1. The maximum atomic E-state index is 12.7. The van der Waals surface area contributed by atoms with Crippen molar-refractivity contribution in [3.63, 3.8) is 0 Å². The summed E-state index contributed by atoms with van der Waals surface area (Å²) >= 11 is 5.83. The molecule has 1 atom stereocenters. The van der Waals surface area contributed by atoms with Gasteiger partial charge >= 0.3 is 0 Å². The molecule has 21 heavy (non-hydrogen) atoms. The summed E-state index contributed by atoms with van der Waals surface area (Å²) in [4.78, 5) is 4.42. The van der Waals surface area contributed by atoms with Gasteiger partial charge in [-0.2, -0.15) is 4.31 Å². The number of hydrogen-bond acceptors (Lipinski definition) is 4. The summed E-state index contributed by atoms with van der Waals surface area (Å²) in [5, 5.41) is 1.13. The fourth-order valence-electron chi connectivity index (χ4n) is 2.41. The van der Waals surface area contributed by atoms with Crippen molar-refractivity contribution in [2.24, 2.45) is 0 Å². The third kappa shape index (κ3) is 2.76. The van der Waals surface area contributed by atoms with E-state index in [1.54, 1.807) is 37.4 Å². The molecule has 7 heteroatoms. The van der Waals surface area contributed by atoms with Crippen molar-refractivity contribution < 1.29 is 13.2 Å². The Morgan fingerprint density at radius 3 is 2.86 bits per heavy atom. The molecule has 1 aromatic carbocycles. The van der Waals surface area contributed by atoms with Crippen LogP contribution < -0.4 is 0 Å². The highest BCUT2D eigenvalue weighted by Crippen LogP contribution is 2.24. The molecule has 1 fully saturated rings. The second-order valence-electron chi connectivity index (χ2n) is 5.03. The molecule has 1 aliphatic heterocycles. The molecule has 1 saturated heterocycles. The molecule has 2 heterocycles. The van der Waals surface area contributed by atoms with E-state index in [0.29, 0.717) is 23.9 Å². The molecule has 0 radical (unpaired) electrons. The van der Waals surface area contributed by atoms with E-state index in [2.05, 4.69) is 4.98 Å². The first kappa shape index (κ1) is 14.7. The Morgan fingerprint density at radius 1 is 1.33 bits per heavy atom. The Hall–Kier alpha value is -1.21. The normalized spacial score (nSPS) is 19.5. The lowest BCUT2D eigenvalue weighted by Crippen LogP contribution is -2.37. The number of aromatic nitrogens is 1. The number of hydrogen-bond donors (Lipinski definition) is 0. The van der Waals surface area contributed by atoms with Gasteiger partial charge in [-0.15, -0.1) is 0 Å². The minimum absolute atomic E-state index is 0.103. The van der Waals surface area contributed by atoms with Crippen LogP contribution in [0.1, 0.15) is 6.42 Å². The summed E-state index contributed by atoms with van der Waals surface area (Å²) in [6.07, 6.45) is 0.723. The van der Waals surface area contributed by atoms with Gasteiger partial charge in [0.2, 0.25) is 10.0 Å². The van der Waals surface area contributed by atoms with Crippen molar-refractivity contribution in [3.05, 3.63) is 35.5 Å². The van der Waals surface area contributed by atoms with Crippen LogP contribution in [-0.4, -0.2) is 44.0 Å². The zero-order valence-corrected chi connectivity index (χ0v) is 13.1. The number of nitrogens with zero attached hydrogens (tertiary/aromatic N) is 2. The largest absolute Gasteiger partial charge is 0.380 e. The molecular formula is C14H15ClN2O3S. The first-order valence-electron chi connectivity index (χ1n) is 6.60. The predicted molar refractivity (Wildman–Crippen MR) is 80.9 cm³/mol. The van der Waals surface area contributed by atoms with E-state index in [1.165, 1.54) is 4.31 Å². The van der Waals surface area contributed by atoms with E-state index >= 15 is 0 Å². The molecule has 0 spiro atoms. The van der Waals surface area contributed by atoms with Crippen LogP contribution >= 0.6 is 11.6 Å². The summed E-state index contributed by atoms with van der Waals surface area (Å²) < 4.78 is 32.0. The zero-order chi connectivity index (χ0) is 15.0. The Bertz CT molecular complexity index is 773. The summed E-state index contributed by atoms with van der Waals surface area (Å²) in [5.41, 5.74) is 0.674. The van der Waals surface area contributed by atoms with Crippen LogP contribution in [0, 0.1) is 0 Å². The predicted octanol–water partition coefficient (Wildman–Crippen LogP) is 2.30. The minimum atomic E-state index is -3.53. The van der Waals surface area contributed by atoms with Gasteiger partial charge < -0.3 is 4.74 Å². The van der Waals surface area contributed by atoms with Crippen molar-refractivity contribution in [1.82, 2.24) is 9.29 Å². The first-order valence-corrected chi connectivity index (χ1v) is 8.42. The lowest BCUT2D eigenvalue weighted by molar-refractivity contribution is 0.181. The SMILES string of the molecule is CN(C1CCOC1)S(=O)(=O)c1ccc2nc(Cl)ccc2c1. The number of ether oxygens (including phenoxy) is 1. The molecule has 0 N–H and O–H groups in total. The second-order valence-corrected chi connectivity index (χ2v) is 7.41. The lowest BCUT2D eigenvalue weighted by Gasteiger charge is -2.22. The molecule has 1 aliphatic rings. The van der Waals surface area contributed by atoms with Crippen molar-refractivity contribution in [2.75, 3.05) is 20.3 Å². The summed E-state index contributed by atoms with van der Waals surface area (Å²) in [6.45, 7) is 1.05. The summed E-state index contributed by atoms with van der Waals surface area (Å²) in [7, 11) is -1.94. The van der Waals surface area contributed by atoms with Crippen LogP contribution in [0.15, 0.2) is 35.2 Å². The highest BCUT2D eigenvalue weighted by atomic mass is 35.5. The van der Waals surface area contributed by atoms with Gasteiger partial charge in [0, 0.05) is 19.0 Å². The molecule has 0 amide bonds. The van der Waals surface area contributed by atoms with Crippen LogP contribution in [0.4, 0.5) is 0 Å². The fraction of sp³-hybridized carbons (Fsp3) is 0.357. The maximum Gasteiger partial charge on any atom is 0.243 e. The zero-order valence-electron chi connectivity index (χ0n) is 11.5. The third-order valence-electron chi connectivity index (χ3n) is 3.72. The van der Waals surface area contributed by atoms with E-state index < -0.39 is 10.0 Å². The number of benzene rings is 1. The average Bonchev–Trinajstić information content (AvgIpc) is 2.99. The maximum absolute atomic E-state index is 12.7. The molecule has 5 nitrogen and oxygen atoms in total. The smallest absolute Gasteiger partial charge is 0.243 e. The topological polar surface area (TPSA) is 59.5 Å². The van der Waals surface area contributed by atoms with Crippen molar-refractivity contribution in [1.29, 1.82) is 0 Å². The van der Waals surface area contributed by atoms with Crippen LogP contribution in [-0.2, 0) is 14.8 Å². The number of fused-ring (bicyclic) bond motifs is 1. The molecule has 112 valence electrons. The fourth-order valence-corrected chi connectivity index (χ4v) is 3.97. The lowest BCUT2D eigenvalue weighted by atomic mass is 10.2. The van der Waals surface area contributed by atoms with E-state index in [9.17, 15) is 8.42 Å². The van der Waals surface area contributed by atoms with Gasteiger partial charge in [-0.05, 0) is 36.8 Å². The summed E-state index contributed by atoms with van der Waals surface area (Å²) in [5.74, 6) is 0. The summed E-state index contributed by atoms with van der Waals surface area (Å²) in [6, 6.07) is 8.17. The molecule has 3 rings (SSSR count). The van der Waals surface area contributed by atoms with Crippen LogP contribution in [0.3, 0.4) is 0 Å². The van der Waals surface area contributed by atoms with Crippen molar-refractivity contribution in [2.45, 2.75) is 17.4 Å². The van der Waals surface area contributed by atoms with Crippen molar-refractivity contribution in [3.8, 4) is 0 Å². The van der Waals surface area contributed by atoms with Crippen LogP contribution in [0.2, 0.25) is 5.15 Å². The Kier molecular flexibility index (Phi) is 3.88.